The molecule has 124 valence electrons. The summed E-state index contributed by atoms with van der Waals surface area (Å²) in [5.41, 5.74) is 1.43. The zero-order valence-corrected chi connectivity index (χ0v) is 13.4. The van der Waals surface area contributed by atoms with Gasteiger partial charge in [0.2, 0.25) is 5.95 Å². The maximum atomic E-state index is 12.5. The van der Waals surface area contributed by atoms with Crippen molar-refractivity contribution in [2.75, 3.05) is 31.2 Å². The number of hydrogen-bond donors (Lipinski definition) is 1. The molecule has 0 bridgehead atoms. The van der Waals surface area contributed by atoms with Crippen LogP contribution in [-0.4, -0.2) is 42.2 Å². The molecule has 1 saturated heterocycles. The Labute approximate surface area is 140 Å². The van der Waals surface area contributed by atoms with E-state index in [9.17, 15) is 4.79 Å². The normalized spacial score (nSPS) is 18.9. The highest BCUT2D eigenvalue weighted by Gasteiger charge is 2.45. The van der Waals surface area contributed by atoms with Crippen molar-refractivity contribution in [1.29, 1.82) is 0 Å². The van der Waals surface area contributed by atoms with E-state index in [2.05, 4.69) is 32.3 Å². The van der Waals surface area contributed by atoms with Gasteiger partial charge in [-0.25, -0.2) is 9.97 Å². The summed E-state index contributed by atoms with van der Waals surface area (Å²) in [4.78, 5) is 23.3. The van der Waals surface area contributed by atoms with Gasteiger partial charge in [-0.15, -0.1) is 0 Å². The predicted octanol–water partition coefficient (Wildman–Crippen LogP) is 1.73. The first kappa shape index (κ1) is 15.1. The van der Waals surface area contributed by atoms with E-state index in [0.29, 0.717) is 24.7 Å². The Morgan fingerprint density at radius 3 is 2.38 bits per heavy atom. The SMILES string of the molecule is O=C(NC1(c2ccccc2)CC1)c1cnc(N2CCOCC2)nc1. The highest BCUT2D eigenvalue weighted by Crippen LogP contribution is 2.45. The molecule has 2 heterocycles. The number of benzene rings is 1. The molecule has 1 aliphatic heterocycles. The number of ether oxygens (including phenoxy) is 1. The number of carbonyl (C=O) groups excluding carboxylic acids is 1. The molecule has 1 aromatic heterocycles. The zero-order valence-electron chi connectivity index (χ0n) is 13.4. The minimum Gasteiger partial charge on any atom is -0.378 e. The summed E-state index contributed by atoms with van der Waals surface area (Å²) in [7, 11) is 0. The second kappa shape index (κ2) is 6.20. The predicted molar refractivity (Wildman–Crippen MR) is 89.9 cm³/mol. The van der Waals surface area contributed by atoms with Crippen molar-refractivity contribution in [2.45, 2.75) is 18.4 Å². The molecule has 4 rings (SSSR count). The van der Waals surface area contributed by atoms with Gasteiger partial charge in [0.15, 0.2) is 0 Å². The quantitative estimate of drug-likeness (QED) is 0.928. The Morgan fingerprint density at radius 2 is 1.75 bits per heavy atom. The molecule has 0 spiro atoms. The molecule has 2 fully saturated rings. The fourth-order valence-electron chi connectivity index (χ4n) is 3.02. The van der Waals surface area contributed by atoms with E-state index in [0.717, 1.165) is 31.5 Å². The van der Waals surface area contributed by atoms with Crippen molar-refractivity contribution in [3.63, 3.8) is 0 Å². The molecule has 1 aliphatic carbocycles. The lowest BCUT2D eigenvalue weighted by molar-refractivity contribution is 0.0930. The zero-order chi connectivity index (χ0) is 16.4. The molecule has 2 aromatic rings. The van der Waals surface area contributed by atoms with Crippen LogP contribution in [0.4, 0.5) is 5.95 Å². The lowest BCUT2D eigenvalue weighted by Crippen LogP contribution is -2.38. The van der Waals surface area contributed by atoms with Crippen LogP contribution in [0.1, 0.15) is 28.8 Å². The lowest BCUT2D eigenvalue weighted by atomic mass is 10.0. The maximum Gasteiger partial charge on any atom is 0.255 e. The van der Waals surface area contributed by atoms with E-state index in [4.69, 9.17) is 4.74 Å². The van der Waals surface area contributed by atoms with Crippen LogP contribution in [-0.2, 0) is 10.3 Å². The Balaban J connectivity index is 1.45. The van der Waals surface area contributed by atoms with Crippen LogP contribution in [0.15, 0.2) is 42.7 Å². The third kappa shape index (κ3) is 2.97. The van der Waals surface area contributed by atoms with Gasteiger partial charge >= 0.3 is 0 Å². The lowest BCUT2D eigenvalue weighted by Gasteiger charge is -2.26. The van der Waals surface area contributed by atoms with E-state index >= 15 is 0 Å². The summed E-state index contributed by atoms with van der Waals surface area (Å²) in [6.07, 6.45) is 5.15. The molecule has 0 atom stereocenters. The van der Waals surface area contributed by atoms with Crippen LogP contribution in [0.2, 0.25) is 0 Å². The summed E-state index contributed by atoms with van der Waals surface area (Å²) in [5.74, 6) is 0.531. The molecule has 0 radical (unpaired) electrons. The van der Waals surface area contributed by atoms with Gasteiger partial charge in [0.1, 0.15) is 0 Å². The topological polar surface area (TPSA) is 67.4 Å². The van der Waals surface area contributed by atoms with Crippen molar-refractivity contribution in [2.24, 2.45) is 0 Å². The first-order chi connectivity index (χ1) is 11.8. The van der Waals surface area contributed by atoms with Crippen molar-refractivity contribution in [3.05, 3.63) is 53.9 Å². The van der Waals surface area contributed by atoms with Crippen LogP contribution in [0.3, 0.4) is 0 Å². The first-order valence-electron chi connectivity index (χ1n) is 8.30. The van der Waals surface area contributed by atoms with Crippen molar-refractivity contribution < 1.29 is 9.53 Å². The number of carbonyl (C=O) groups is 1. The van der Waals surface area contributed by atoms with Crippen molar-refractivity contribution in [1.82, 2.24) is 15.3 Å². The molecular weight excluding hydrogens is 304 g/mol. The highest BCUT2D eigenvalue weighted by atomic mass is 16.5. The molecule has 1 amide bonds. The average molecular weight is 324 g/mol. The second-order valence-corrected chi connectivity index (χ2v) is 6.27. The van der Waals surface area contributed by atoms with E-state index in [1.54, 1.807) is 12.4 Å². The van der Waals surface area contributed by atoms with Gasteiger partial charge in [-0.2, -0.15) is 0 Å². The fraction of sp³-hybridized carbons (Fsp3) is 0.389. The molecule has 0 unspecified atom stereocenters. The Kier molecular flexibility index (Phi) is 3.90. The van der Waals surface area contributed by atoms with Crippen LogP contribution < -0.4 is 10.2 Å². The van der Waals surface area contributed by atoms with E-state index in [1.807, 2.05) is 18.2 Å². The van der Waals surface area contributed by atoms with Gasteiger partial charge in [-0.1, -0.05) is 30.3 Å². The number of nitrogens with one attached hydrogen (secondary N) is 1. The number of aromatic nitrogens is 2. The Bertz CT molecular complexity index is 708. The van der Waals surface area contributed by atoms with Gasteiger partial charge in [-0.05, 0) is 18.4 Å². The Morgan fingerprint density at radius 1 is 1.08 bits per heavy atom. The van der Waals surface area contributed by atoms with Crippen molar-refractivity contribution in [3.8, 4) is 0 Å². The van der Waals surface area contributed by atoms with Crippen LogP contribution in [0.25, 0.3) is 0 Å². The van der Waals surface area contributed by atoms with Gasteiger partial charge < -0.3 is 15.0 Å². The number of anilines is 1. The number of hydrogen-bond acceptors (Lipinski definition) is 5. The monoisotopic (exact) mass is 324 g/mol. The summed E-state index contributed by atoms with van der Waals surface area (Å²) >= 11 is 0. The average Bonchev–Trinajstić information content (AvgIpc) is 3.44. The standard InChI is InChI=1S/C18H20N4O2/c23-16(21-18(6-7-18)15-4-2-1-3-5-15)14-12-19-17(20-13-14)22-8-10-24-11-9-22/h1-5,12-13H,6-11H2,(H,21,23). The minimum absolute atomic E-state index is 0.120. The second-order valence-electron chi connectivity index (χ2n) is 6.27. The molecule has 24 heavy (non-hydrogen) atoms. The van der Waals surface area contributed by atoms with Crippen LogP contribution in [0, 0.1) is 0 Å². The summed E-state index contributed by atoms with van der Waals surface area (Å²) in [5, 5.41) is 3.15. The molecule has 6 heteroatoms. The number of amides is 1. The minimum atomic E-state index is -0.221. The largest absolute Gasteiger partial charge is 0.378 e. The molecule has 1 aromatic carbocycles. The Hall–Kier alpha value is -2.47. The van der Waals surface area contributed by atoms with Crippen LogP contribution in [0.5, 0.6) is 0 Å². The van der Waals surface area contributed by atoms with E-state index in [-0.39, 0.29) is 11.4 Å². The summed E-state index contributed by atoms with van der Waals surface area (Å²) in [6, 6.07) is 10.1. The van der Waals surface area contributed by atoms with E-state index < -0.39 is 0 Å². The number of morpholine rings is 1. The third-order valence-electron chi connectivity index (χ3n) is 4.62. The van der Waals surface area contributed by atoms with Gasteiger partial charge in [-0.3, -0.25) is 4.79 Å². The highest BCUT2D eigenvalue weighted by molar-refractivity contribution is 5.94. The smallest absolute Gasteiger partial charge is 0.255 e. The molecule has 6 nitrogen and oxygen atoms in total. The first-order valence-corrected chi connectivity index (χ1v) is 8.30. The summed E-state index contributed by atoms with van der Waals surface area (Å²) in [6.45, 7) is 2.93. The van der Waals surface area contributed by atoms with Gasteiger partial charge in [0.05, 0.1) is 24.3 Å². The van der Waals surface area contributed by atoms with Gasteiger partial charge in [0.25, 0.3) is 5.91 Å². The number of rotatable bonds is 4. The van der Waals surface area contributed by atoms with Gasteiger partial charge in [0, 0.05) is 25.5 Å². The molecule has 2 aliphatic rings. The summed E-state index contributed by atoms with van der Waals surface area (Å²) < 4.78 is 5.33. The van der Waals surface area contributed by atoms with Crippen molar-refractivity contribution >= 4 is 11.9 Å². The molecular formula is C18H20N4O2. The molecule has 1 saturated carbocycles. The van der Waals surface area contributed by atoms with Crippen LogP contribution >= 0.6 is 0 Å². The fourth-order valence-corrected chi connectivity index (χ4v) is 3.02. The molecule has 1 N–H and O–H groups in total. The maximum absolute atomic E-state index is 12.5. The van der Waals surface area contributed by atoms with E-state index in [1.165, 1.54) is 0 Å². The number of nitrogens with zero attached hydrogens (tertiary/aromatic N) is 3. The third-order valence-corrected chi connectivity index (χ3v) is 4.62.